The van der Waals surface area contributed by atoms with Crippen LogP contribution < -0.4 is 4.74 Å². The van der Waals surface area contributed by atoms with Crippen LogP contribution in [-0.4, -0.2) is 59.0 Å². The Morgan fingerprint density at radius 3 is 2.95 bits per heavy atom. The van der Waals surface area contributed by atoms with E-state index in [4.69, 9.17) is 4.74 Å². The predicted octanol–water partition coefficient (Wildman–Crippen LogP) is 2.18. The number of pyridine rings is 1. The van der Waals surface area contributed by atoms with Crippen molar-refractivity contribution in [2.75, 3.05) is 26.2 Å². The lowest BCUT2D eigenvalue weighted by molar-refractivity contribution is 0.00190. The van der Waals surface area contributed by atoms with Gasteiger partial charge < -0.3 is 9.64 Å². The van der Waals surface area contributed by atoms with E-state index in [1.54, 1.807) is 18.3 Å². The quantitative estimate of drug-likeness (QED) is 0.855. The zero-order valence-electron chi connectivity index (χ0n) is 13.5. The molecule has 0 bridgehead atoms. The summed E-state index contributed by atoms with van der Waals surface area (Å²) in [5, 5.41) is 0. The SMILES string of the molecule is CCOc1ncccc1C(=O)N1CC(N2CCCCC2C)C1. The van der Waals surface area contributed by atoms with Crippen LogP contribution in [0.5, 0.6) is 5.88 Å². The zero-order valence-corrected chi connectivity index (χ0v) is 13.5. The highest BCUT2D eigenvalue weighted by Gasteiger charge is 2.38. The molecule has 0 spiro atoms. The van der Waals surface area contributed by atoms with Gasteiger partial charge in [0.1, 0.15) is 5.56 Å². The standard InChI is InChI=1S/C17H25N3O2/c1-3-22-16-15(8-6-9-18-16)17(21)19-11-14(12-19)20-10-5-4-7-13(20)2/h6,8-9,13-14H,3-5,7,10-12H2,1-2H3. The fourth-order valence-electron chi connectivity index (χ4n) is 3.47. The molecule has 2 aliphatic rings. The highest BCUT2D eigenvalue weighted by Crippen LogP contribution is 2.26. The third-order valence-corrected chi connectivity index (χ3v) is 4.76. The molecule has 22 heavy (non-hydrogen) atoms. The van der Waals surface area contributed by atoms with Gasteiger partial charge in [-0.15, -0.1) is 0 Å². The van der Waals surface area contributed by atoms with Crippen LogP contribution in [0.1, 0.15) is 43.5 Å². The minimum atomic E-state index is 0.0393. The lowest BCUT2D eigenvalue weighted by atomic mass is 9.97. The fraction of sp³-hybridized carbons (Fsp3) is 0.647. The van der Waals surface area contributed by atoms with Gasteiger partial charge >= 0.3 is 0 Å². The summed E-state index contributed by atoms with van der Waals surface area (Å²) in [7, 11) is 0. The van der Waals surface area contributed by atoms with Gasteiger partial charge in [0.25, 0.3) is 5.91 Å². The number of hydrogen-bond acceptors (Lipinski definition) is 4. The molecule has 5 nitrogen and oxygen atoms in total. The average Bonchev–Trinajstić information content (AvgIpc) is 2.48. The highest BCUT2D eigenvalue weighted by molar-refractivity contribution is 5.96. The summed E-state index contributed by atoms with van der Waals surface area (Å²) in [6, 6.07) is 4.76. The van der Waals surface area contributed by atoms with Crippen molar-refractivity contribution in [2.45, 2.75) is 45.2 Å². The van der Waals surface area contributed by atoms with E-state index in [1.807, 2.05) is 11.8 Å². The molecule has 2 saturated heterocycles. The van der Waals surface area contributed by atoms with Gasteiger partial charge in [-0.25, -0.2) is 4.98 Å². The number of ether oxygens (including phenoxy) is 1. The molecule has 0 aromatic carbocycles. The van der Waals surface area contributed by atoms with Gasteiger partial charge in [-0.1, -0.05) is 6.42 Å². The maximum Gasteiger partial charge on any atom is 0.259 e. The normalized spacial score (nSPS) is 23.2. The largest absolute Gasteiger partial charge is 0.477 e. The summed E-state index contributed by atoms with van der Waals surface area (Å²) in [5.74, 6) is 0.488. The van der Waals surface area contributed by atoms with Gasteiger partial charge in [0.05, 0.1) is 6.61 Å². The van der Waals surface area contributed by atoms with Gasteiger partial charge in [0.2, 0.25) is 5.88 Å². The summed E-state index contributed by atoms with van der Waals surface area (Å²) < 4.78 is 5.47. The minimum Gasteiger partial charge on any atom is -0.477 e. The number of piperidine rings is 1. The summed E-state index contributed by atoms with van der Waals surface area (Å²) in [6.45, 7) is 7.54. The summed E-state index contributed by atoms with van der Waals surface area (Å²) in [5.41, 5.74) is 0.578. The minimum absolute atomic E-state index is 0.0393. The van der Waals surface area contributed by atoms with E-state index in [-0.39, 0.29) is 5.91 Å². The topological polar surface area (TPSA) is 45.7 Å². The molecule has 1 unspecified atom stereocenters. The molecule has 0 N–H and O–H groups in total. The van der Waals surface area contributed by atoms with Crippen LogP contribution in [-0.2, 0) is 0 Å². The number of aromatic nitrogens is 1. The molecular formula is C17H25N3O2. The van der Waals surface area contributed by atoms with Crippen LogP contribution in [0.2, 0.25) is 0 Å². The smallest absolute Gasteiger partial charge is 0.259 e. The first-order chi connectivity index (χ1) is 10.7. The second-order valence-electron chi connectivity index (χ2n) is 6.24. The predicted molar refractivity (Wildman–Crippen MR) is 85.1 cm³/mol. The number of hydrogen-bond donors (Lipinski definition) is 0. The van der Waals surface area contributed by atoms with E-state index >= 15 is 0 Å². The van der Waals surface area contributed by atoms with Crippen LogP contribution in [0.25, 0.3) is 0 Å². The maximum absolute atomic E-state index is 12.6. The van der Waals surface area contributed by atoms with Crippen LogP contribution in [0.4, 0.5) is 0 Å². The Labute approximate surface area is 132 Å². The lowest BCUT2D eigenvalue weighted by Crippen LogP contribution is -2.63. The number of amides is 1. The van der Waals surface area contributed by atoms with Crippen molar-refractivity contribution in [1.82, 2.24) is 14.8 Å². The van der Waals surface area contributed by atoms with E-state index in [0.29, 0.717) is 30.1 Å². The molecule has 5 heteroatoms. The molecule has 3 rings (SSSR count). The number of rotatable bonds is 4. The third-order valence-electron chi connectivity index (χ3n) is 4.76. The van der Waals surface area contributed by atoms with Crippen LogP contribution in [0.15, 0.2) is 18.3 Å². The van der Waals surface area contributed by atoms with E-state index in [0.717, 1.165) is 13.1 Å². The fourth-order valence-corrected chi connectivity index (χ4v) is 3.47. The van der Waals surface area contributed by atoms with E-state index in [2.05, 4.69) is 16.8 Å². The van der Waals surface area contributed by atoms with E-state index in [1.165, 1.54) is 25.8 Å². The Morgan fingerprint density at radius 1 is 1.41 bits per heavy atom. The van der Waals surface area contributed by atoms with Crippen LogP contribution >= 0.6 is 0 Å². The average molecular weight is 303 g/mol. The van der Waals surface area contributed by atoms with Crippen LogP contribution in [0, 0.1) is 0 Å². The van der Waals surface area contributed by atoms with Crippen molar-refractivity contribution in [3.8, 4) is 5.88 Å². The van der Waals surface area contributed by atoms with Gasteiger partial charge in [0.15, 0.2) is 0 Å². The molecule has 0 saturated carbocycles. The first-order valence-corrected chi connectivity index (χ1v) is 8.33. The lowest BCUT2D eigenvalue weighted by Gasteiger charge is -2.49. The molecule has 1 atom stereocenters. The van der Waals surface area contributed by atoms with Gasteiger partial charge in [-0.2, -0.15) is 0 Å². The van der Waals surface area contributed by atoms with Crippen molar-refractivity contribution in [3.05, 3.63) is 23.9 Å². The summed E-state index contributed by atoms with van der Waals surface area (Å²) >= 11 is 0. The van der Waals surface area contributed by atoms with E-state index in [9.17, 15) is 4.79 Å². The maximum atomic E-state index is 12.6. The van der Waals surface area contributed by atoms with Crippen molar-refractivity contribution in [2.24, 2.45) is 0 Å². The monoisotopic (exact) mass is 303 g/mol. The molecule has 2 aliphatic heterocycles. The molecule has 120 valence electrons. The Balaban J connectivity index is 1.61. The molecule has 0 radical (unpaired) electrons. The van der Waals surface area contributed by atoms with Crippen LogP contribution in [0.3, 0.4) is 0 Å². The van der Waals surface area contributed by atoms with Gasteiger partial charge in [0, 0.05) is 31.4 Å². The second kappa shape index (κ2) is 6.65. The molecule has 0 aliphatic carbocycles. The summed E-state index contributed by atoms with van der Waals surface area (Å²) in [4.78, 5) is 21.3. The third kappa shape index (κ3) is 2.95. The number of carbonyl (C=O) groups is 1. The molecule has 1 aromatic rings. The van der Waals surface area contributed by atoms with E-state index < -0.39 is 0 Å². The second-order valence-corrected chi connectivity index (χ2v) is 6.24. The number of carbonyl (C=O) groups excluding carboxylic acids is 1. The van der Waals surface area contributed by atoms with Gasteiger partial charge in [-0.3, -0.25) is 9.69 Å². The molecule has 3 heterocycles. The zero-order chi connectivity index (χ0) is 15.5. The first-order valence-electron chi connectivity index (χ1n) is 8.33. The Kier molecular flexibility index (Phi) is 4.62. The number of likely N-dealkylation sites (tertiary alicyclic amines) is 2. The molecule has 1 amide bonds. The Bertz CT molecular complexity index is 528. The van der Waals surface area contributed by atoms with Gasteiger partial charge in [-0.05, 0) is 45.4 Å². The summed E-state index contributed by atoms with van der Waals surface area (Å²) in [6.07, 6.45) is 5.56. The first kappa shape index (κ1) is 15.3. The Morgan fingerprint density at radius 2 is 2.23 bits per heavy atom. The molecular weight excluding hydrogens is 278 g/mol. The number of nitrogens with zero attached hydrogens (tertiary/aromatic N) is 3. The molecule has 2 fully saturated rings. The van der Waals surface area contributed by atoms with Crippen molar-refractivity contribution < 1.29 is 9.53 Å². The Hall–Kier alpha value is -1.62. The van der Waals surface area contributed by atoms with Crippen molar-refractivity contribution in [3.63, 3.8) is 0 Å². The van der Waals surface area contributed by atoms with Crippen molar-refractivity contribution in [1.29, 1.82) is 0 Å². The van der Waals surface area contributed by atoms with Crippen molar-refractivity contribution >= 4 is 5.91 Å². The highest BCUT2D eigenvalue weighted by atomic mass is 16.5. The molecule has 1 aromatic heterocycles.